The molecule has 4 N–H and O–H groups in total. The van der Waals surface area contributed by atoms with Crippen molar-refractivity contribution >= 4 is 86.0 Å². The fourth-order valence-corrected chi connectivity index (χ4v) is 7.88. The summed E-state index contributed by atoms with van der Waals surface area (Å²) in [5, 5.41) is 18.4. The summed E-state index contributed by atoms with van der Waals surface area (Å²) >= 11 is 4.26. The number of aliphatic hydroxyl groups excluding tert-OH is 2. The zero-order valence-corrected chi connectivity index (χ0v) is 51.7. The van der Waals surface area contributed by atoms with E-state index in [1.54, 1.807) is 19.4 Å². The Morgan fingerprint density at radius 3 is 1.48 bits per heavy atom. The molecule has 5 aliphatic carbocycles. The van der Waals surface area contributed by atoms with Gasteiger partial charge in [-0.2, -0.15) is 6.92 Å². The number of nitrogens with one attached hydrogen (secondary N) is 2. The zero-order valence-electron chi connectivity index (χ0n) is 39.2. The number of hydrogen-bond acceptors (Lipinski definition) is 6. The van der Waals surface area contributed by atoms with Crippen LogP contribution >= 0.6 is 48.7 Å². The number of aliphatic hydroxyl groups is 2. The molecule has 0 amide bonds. The molecule has 4 unspecified atom stereocenters. The van der Waals surface area contributed by atoms with Crippen LogP contribution in [0.1, 0.15) is 155 Å². The van der Waals surface area contributed by atoms with Crippen LogP contribution in [0.25, 0.3) is 0 Å². The number of carbonyl (C=O) groups is 1. The first kappa shape index (κ1) is 75.7. The maximum Gasteiger partial charge on any atom is 2.00 e. The van der Waals surface area contributed by atoms with E-state index in [9.17, 15) is 14.7 Å². The molecule has 18 heteroatoms. The average molecular weight is 1270 g/mol. The monoisotopic (exact) mass is 1260 g/mol. The molecule has 0 saturated heterocycles. The van der Waals surface area contributed by atoms with E-state index in [4.69, 9.17) is 31.5 Å². The quantitative estimate of drug-likeness (QED) is 0.0966. The molecule has 346 valence electrons. The number of carbonyl (C=O) groups excluding carboxylic acids is 1. The van der Waals surface area contributed by atoms with Crippen molar-refractivity contribution in [3.05, 3.63) is 90.0 Å². The number of rotatable bonds is 7. The molecule has 0 fully saturated rings. The minimum Gasteiger partial charge on any atom is -1.00 e. The Morgan fingerprint density at radius 2 is 1.21 bits per heavy atom. The number of allylic oxidation sites excluding steroid dienone is 6. The van der Waals surface area contributed by atoms with E-state index >= 15 is 0 Å². The van der Waals surface area contributed by atoms with Gasteiger partial charge in [-0.25, -0.2) is 4.79 Å². The number of aromatic nitrogens is 2. The number of hydrogen-bond donors (Lipinski definition) is 4. The Bertz CT molecular complexity index is 1650. The van der Waals surface area contributed by atoms with Gasteiger partial charge in [0.25, 0.3) is 0 Å². The third-order valence-electron chi connectivity index (χ3n) is 10.3. The molecule has 1 heterocycles. The maximum atomic E-state index is 10.9. The smallest absolute Gasteiger partial charge is 1.00 e. The number of ether oxygens (including phenoxy) is 2. The van der Waals surface area contributed by atoms with Crippen molar-refractivity contribution in [1.29, 1.82) is 0 Å². The molecule has 1 aromatic heterocycles. The molecule has 1 aromatic rings. The molecule has 5 aliphatic rings. The maximum absolute atomic E-state index is 10.9. The van der Waals surface area contributed by atoms with Crippen molar-refractivity contribution in [1.82, 2.24) is 9.97 Å². The number of aromatic amines is 2. The van der Waals surface area contributed by atoms with Crippen molar-refractivity contribution in [2.24, 2.45) is 0 Å². The standard InChI is InChI=1S/C11H16N2O2.C10H16O.C8H14O.C6H9BrO.C6H7BrO.C2H5.CH4.B.BrH.Ce.3ClH.Mg.Na.H/c1-3-8-7(2)4-5-9(8)15-10-6-12-11(14)13-10;1-4-9-8(3)6-7-10(9)11-5-2;1-3-7-6(2)4-5-8(7)9;2*1-4-2-3-5(8)6(4)7;1-2;;;;;;;;;;/h6,9H,3-5H2,1-2H3,(H2,12,13,14);5,10H,2,4,6-7H2,1,3H3;8-9H,3-5H2,1-2H3;5,8H,2-3H2,1H3;2-3H2,1H3;1H2,2H3;1H4;;1H;;3*1H;;;/q;;;;;-1;;;;+3;;;;+2;+1;-1/p-4. The van der Waals surface area contributed by atoms with Crippen molar-refractivity contribution in [2.75, 3.05) is 0 Å². The molecule has 3 radical (unpaired) electrons. The summed E-state index contributed by atoms with van der Waals surface area (Å²) in [6.07, 6.45) is 16.5. The summed E-state index contributed by atoms with van der Waals surface area (Å²) in [5.41, 5.74) is 25.8. The van der Waals surface area contributed by atoms with Gasteiger partial charge in [0, 0.05) is 19.3 Å². The van der Waals surface area contributed by atoms with Gasteiger partial charge in [0.1, 0.15) is 12.2 Å². The van der Waals surface area contributed by atoms with Crippen LogP contribution < -0.4 is 57.0 Å². The normalized spacial score (nSPS) is 20.4. The van der Waals surface area contributed by atoms with Crippen LogP contribution in [0, 0.1) is 37.6 Å². The van der Waals surface area contributed by atoms with Crippen molar-refractivity contribution in [3.63, 3.8) is 0 Å². The number of ketones is 1. The molecule has 4 atom stereocenters. The summed E-state index contributed by atoms with van der Waals surface area (Å²) in [5.74, 6) is 0.785. The van der Waals surface area contributed by atoms with Crippen LogP contribution in [0.3, 0.4) is 0 Å². The Labute approximate surface area is 465 Å². The SMILES string of the molecule is C.C=COC1CCC(C)=C1CC.CC1=C(Br)C(=O)CC1.CC1=C(Br)C(O)CC1.CCC1=C(C)CCC1O.CCC1=C(C)CCC1Oc1c[nH]c(=O)[nH]1.[B].[Br-].[CH2-]C.[Cl][Ce]([Cl])[Cl].[H-].[Mg+2].[Na+]. The first-order chi connectivity index (χ1) is 26.9. The Balaban J connectivity index is -0.000000120. The van der Waals surface area contributed by atoms with Gasteiger partial charge in [0.05, 0.1) is 29.1 Å². The third kappa shape index (κ3) is 29.2. The van der Waals surface area contributed by atoms with Gasteiger partial charge in [0.15, 0.2) is 5.78 Å². The number of imidazole rings is 1. The summed E-state index contributed by atoms with van der Waals surface area (Å²) in [7, 11) is 0. The van der Waals surface area contributed by atoms with Gasteiger partial charge < -0.3 is 50.0 Å². The van der Waals surface area contributed by atoms with Gasteiger partial charge in [-0.05, 0) is 144 Å². The first-order valence-corrected chi connectivity index (χ1v) is 33.2. The second kappa shape index (κ2) is 43.2. The van der Waals surface area contributed by atoms with Crippen molar-refractivity contribution in [2.45, 2.75) is 178 Å². The van der Waals surface area contributed by atoms with Crippen LogP contribution in [0.4, 0.5) is 0 Å². The van der Waals surface area contributed by atoms with Gasteiger partial charge in [-0.3, -0.25) is 9.78 Å². The van der Waals surface area contributed by atoms with E-state index in [1.165, 1.54) is 51.0 Å². The molecule has 0 spiro atoms. The molecule has 0 aromatic carbocycles. The molecular weight excluding hydrogens is 1200 g/mol. The Hall–Kier alpha value is 2.16. The minimum atomic E-state index is -2.24. The summed E-state index contributed by atoms with van der Waals surface area (Å²) < 4.78 is 12.9. The predicted octanol–water partition coefficient (Wildman–Crippen LogP) is 7.61. The van der Waals surface area contributed by atoms with Crippen LogP contribution in [0.5, 0.6) is 5.88 Å². The number of H-pyrrole nitrogens is 2. The number of Topliss-reactive ketones (excluding diaryl/α,β-unsaturated/α-hetero) is 1. The van der Waals surface area contributed by atoms with Gasteiger partial charge in [0.2, 0.25) is 5.88 Å². The van der Waals surface area contributed by atoms with Crippen molar-refractivity contribution < 1.29 is 103 Å². The first-order valence-electron chi connectivity index (χ1n) is 19.8. The van der Waals surface area contributed by atoms with Gasteiger partial charge in [-0.15, -0.1) is 0 Å². The molecule has 8 nitrogen and oxygen atoms in total. The van der Waals surface area contributed by atoms with Crippen LogP contribution in [-0.4, -0.2) is 81.8 Å². The topological polar surface area (TPSA) is 125 Å². The van der Waals surface area contributed by atoms with E-state index in [-0.39, 0.29) is 117 Å². The van der Waals surface area contributed by atoms with E-state index in [0.717, 1.165) is 79.6 Å². The second-order valence-corrected chi connectivity index (χ2v) is 29.5. The van der Waals surface area contributed by atoms with Crippen LogP contribution in [0.15, 0.2) is 77.4 Å². The molecule has 62 heavy (non-hydrogen) atoms. The van der Waals surface area contributed by atoms with E-state index in [2.05, 4.69) is 96.9 Å². The van der Waals surface area contributed by atoms with Crippen molar-refractivity contribution in [3.8, 4) is 5.88 Å². The summed E-state index contributed by atoms with van der Waals surface area (Å²) in [6, 6.07) is 0. The third-order valence-corrected chi connectivity index (χ3v) is 12.6. The van der Waals surface area contributed by atoms with E-state index in [0.29, 0.717) is 18.4 Å². The van der Waals surface area contributed by atoms with Crippen LogP contribution in [0.2, 0.25) is 0 Å². The van der Waals surface area contributed by atoms with Crippen LogP contribution in [-0.2, 0) is 9.53 Å². The Kier molecular flexibility index (Phi) is 52.7. The molecule has 0 saturated carbocycles. The Morgan fingerprint density at radius 1 is 0.790 bits per heavy atom. The molecule has 6 rings (SSSR count). The van der Waals surface area contributed by atoms with E-state index in [1.807, 2.05) is 13.8 Å². The average Bonchev–Trinajstić information content (AvgIpc) is 4.03. The number of halogens is 6. The summed E-state index contributed by atoms with van der Waals surface area (Å²) in [6.45, 7) is 25.5. The zero-order chi connectivity index (χ0) is 43.8. The molecular formula is C44H72BBr3CeCl3MgN2NaO6. The van der Waals surface area contributed by atoms with Gasteiger partial charge in [-0.1, -0.05) is 78.6 Å². The van der Waals surface area contributed by atoms with E-state index < -0.39 is 30.7 Å². The minimum absolute atomic E-state index is 0. The predicted molar refractivity (Wildman–Crippen MR) is 264 cm³/mol. The summed E-state index contributed by atoms with van der Waals surface area (Å²) in [4.78, 5) is 26.7. The largest absolute Gasteiger partial charge is 2.00 e. The van der Waals surface area contributed by atoms with Gasteiger partial charge >= 0.3 is 106 Å². The fourth-order valence-electron chi connectivity index (χ4n) is 7.05. The second-order valence-electron chi connectivity index (χ2n) is 14.0. The molecule has 0 bridgehead atoms. The fraction of sp³-hybridized carbons (Fsp3) is 0.614. The molecule has 0 aliphatic heterocycles.